The van der Waals surface area contributed by atoms with Gasteiger partial charge in [0.1, 0.15) is 5.82 Å². The van der Waals surface area contributed by atoms with E-state index < -0.39 is 6.10 Å². The van der Waals surface area contributed by atoms with E-state index in [2.05, 4.69) is 0 Å². The normalized spacial score (nSPS) is 17.6. The van der Waals surface area contributed by atoms with Gasteiger partial charge in [0.2, 0.25) is 0 Å². The number of aliphatic hydroxyl groups excluding tert-OH is 1. The lowest BCUT2D eigenvalue weighted by molar-refractivity contribution is 0.180. The average Bonchev–Trinajstić information content (AvgIpc) is 2.39. The Balaban J connectivity index is 2.05. The van der Waals surface area contributed by atoms with Gasteiger partial charge >= 0.3 is 0 Å². The highest BCUT2D eigenvalue weighted by Gasteiger charge is 2.14. The van der Waals surface area contributed by atoms with E-state index in [1.807, 2.05) is 30.4 Å². The average molecular weight is 240 g/mol. The van der Waals surface area contributed by atoms with Crippen LogP contribution < -0.4 is 0 Å². The van der Waals surface area contributed by atoms with Crippen molar-refractivity contribution in [3.05, 3.63) is 65.5 Å². The van der Waals surface area contributed by atoms with Gasteiger partial charge in [-0.2, -0.15) is 0 Å². The number of aliphatic hydroxyl groups is 1. The van der Waals surface area contributed by atoms with E-state index in [1.54, 1.807) is 12.1 Å². The molecule has 0 saturated carbocycles. The molecule has 1 nitrogen and oxygen atoms in total. The quantitative estimate of drug-likeness (QED) is 0.800. The van der Waals surface area contributed by atoms with Gasteiger partial charge < -0.3 is 5.11 Å². The summed E-state index contributed by atoms with van der Waals surface area (Å²) in [6.45, 7) is 0. The predicted molar refractivity (Wildman–Crippen MR) is 70.4 cm³/mol. The molecule has 1 atom stereocenters. The molecule has 2 heteroatoms. The summed E-state index contributed by atoms with van der Waals surface area (Å²) in [5.74, 6) is -0.230. The summed E-state index contributed by atoms with van der Waals surface area (Å²) in [4.78, 5) is 0. The van der Waals surface area contributed by atoms with Crippen LogP contribution in [0, 0.1) is 5.82 Å². The van der Waals surface area contributed by atoms with E-state index in [4.69, 9.17) is 0 Å². The molecule has 90 valence electrons. The zero-order valence-corrected chi connectivity index (χ0v) is 9.81. The van der Waals surface area contributed by atoms with E-state index in [9.17, 15) is 9.50 Å². The highest BCUT2D eigenvalue weighted by Crippen LogP contribution is 2.31. The molecule has 0 radical (unpaired) electrons. The molecule has 0 amide bonds. The Morgan fingerprint density at radius 1 is 1.00 bits per heavy atom. The maximum atomic E-state index is 12.9. The van der Waals surface area contributed by atoms with Gasteiger partial charge in [0, 0.05) is 0 Å². The molecule has 1 N–H and O–H groups in total. The fourth-order valence-electron chi connectivity index (χ4n) is 2.30. The zero-order valence-electron chi connectivity index (χ0n) is 9.81. The van der Waals surface area contributed by atoms with Gasteiger partial charge in [0.25, 0.3) is 0 Å². The summed E-state index contributed by atoms with van der Waals surface area (Å²) in [5.41, 5.74) is 4.01. The number of fused-ring (bicyclic) bond motifs is 1. The van der Waals surface area contributed by atoms with Gasteiger partial charge in [-0.1, -0.05) is 36.4 Å². The van der Waals surface area contributed by atoms with Crippen LogP contribution in [0.3, 0.4) is 0 Å². The molecule has 0 aliphatic heterocycles. The number of hydrogen-bond donors (Lipinski definition) is 1. The summed E-state index contributed by atoms with van der Waals surface area (Å²) in [7, 11) is 0. The van der Waals surface area contributed by atoms with Crippen LogP contribution in [-0.2, 0) is 0 Å². The molecule has 0 fully saturated rings. The van der Waals surface area contributed by atoms with Crippen LogP contribution in [-0.4, -0.2) is 5.11 Å². The third-order valence-corrected chi connectivity index (χ3v) is 3.28. The highest BCUT2D eigenvalue weighted by molar-refractivity contribution is 5.70. The second-order valence-electron chi connectivity index (χ2n) is 4.50. The summed E-state index contributed by atoms with van der Waals surface area (Å²) in [6.07, 6.45) is 4.26. The van der Waals surface area contributed by atoms with Crippen molar-refractivity contribution < 1.29 is 9.50 Å². The second kappa shape index (κ2) is 4.39. The summed E-state index contributed by atoms with van der Waals surface area (Å²) in [5, 5.41) is 9.86. The lowest BCUT2D eigenvalue weighted by Crippen LogP contribution is -2.02. The fourth-order valence-corrected chi connectivity index (χ4v) is 2.30. The van der Waals surface area contributed by atoms with Crippen LogP contribution in [0.15, 0.2) is 48.5 Å². The van der Waals surface area contributed by atoms with Crippen LogP contribution in [0.1, 0.15) is 23.7 Å². The van der Waals surface area contributed by atoms with Crippen molar-refractivity contribution in [1.82, 2.24) is 0 Å². The van der Waals surface area contributed by atoms with Crippen molar-refractivity contribution in [3.63, 3.8) is 0 Å². The number of rotatable bonds is 1. The Labute approximate surface area is 105 Å². The maximum Gasteiger partial charge on any atom is 0.123 e. The van der Waals surface area contributed by atoms with Gasteiger partial charge in [-0.25, -0.2) is 4.39 Å². The number of benzene rings is 2. The molecule has 2 aromatic rings. The Kier molecular flexibility index (Phi) is 2.73. The molecule has 0 saturated heterocycles. The van der Waals surface area contributed by atoms with Crippen molar-refractivity contribution in [2.24, 2.45) is 0 Å². The molecular formula is C16H13FO. The summed E-state index contributed by atoms with van der Waals surface area (Å²) < 4.78 is 12.9. The van der Waals surface area contributed by atoms with Crippen LogP contribution in [0.25, 0.3) is 17.2 Å². The maximum absolute atomic E-state index is 12.9. The van der Waals surface area contributed by atoms with Crippen molar-refractivity contribution in [2.45, 2.75) is 12.5 Å². The van der Waals surface area contributed by atoms with E-state index in [0.717, 1.165) is 22.3 Å². The monoisotopic (exact) mass is 240 g/mol. The van der Waals surface area contributed by atoms with Crippen molar-refractivity contribution in [2.75, 3.05) is 0 Å². The summed E-state index contributed by atoms with van der Waals surface area (Å²) >= 11 is 0. The molecule has 0 heterocycles. The standard InChI is InChI=1S/C16H13FO/c17-14-7-4-11(5-8-14)12-6-9-15-13(10-12)2-1-3-16(15)18/h1-2,4-10,16,18H,3H2. The molecule has 3 rings (SSSR count). The third kappa shape index (κ3) is 1.95. The molecule has 1 aliphatic carbocycles. The fraction of sp³-hybridized carbons (Fsp3) is 0.125. The van der Waals surface area contributed by atoms with Gasteiger partial charge in [0.15, 0.2) is 0 Å². The smallest absolute Gasteiger partial charge is 0.123 e. The molecule has 2 aromatic carbocycles. The second-order valence-corrected chi connectivity index (χ2v) is 4.50. The minimum Gasteiger partial charge on any atom is -0.388 e. The molecular weight excluding hydrogens is 227 g/mol. The van der Waals surface area contributed by atoms with Crippen molar-refractivity contribution in [3.8, 4) is 11.1 Å². The van der Waals surface area contributed by atoms with E-state index in [-0.39, 0.29) is 5.82 Å². The Hall–Kier alpha value is -1.93. The van der Waals surface area contributed by atoms with Crippen molar-refractivity contribution in [1.29, 1.82) is 0 Å². The topological polar surface area (TPSA) is 20.2 Å². The Bertz CT molecular complexity index is 599. The number of halogens is 1. The SMILES string of the molecule is OC1CC=Cc2cc(-c3ccc(F)cc3)ccc21. The van der Waals surface area contributed by atoms with Crippen LogP contribution in [0.5, 0.6) is 0 Å². The van der Waals surface area contributed by atoms with E-state index >= 15 is 0 Å². The Morgan fingerprint density at radius 2 is 1.72 bits per heavy atom. The van der Waals surface area contributed by atoms with Gasteiger partial charge in [-0.3, -0.25) is 0 Å². The molecule has 0 bridgehead atoms. The van der Waals surface area contributed by atoms with E-state index in [1.165, 1.54) is 12.1 Å². The minimum absolute atomic E-state index is 0.230. The first kappa shape index (κ1) is 11.2. The van der Waals surface area contributed by atoms with Gasteiger partial charge in [0.05, 0.1) is 6.10 Å². The lowest BCUT2D eigenvalue weighted by Gasteiger charge is -2.17. The minimum atomic E-state index is -0.410. The zero-order chi connectivity index (χ0) is 12.5. The molecule has 1 unspecified atom stereocenters. The Morgan fingerprint density at radius 3 is 2.50 bits per heavy atom. The lowest BCUT2D eigenvalue weighted by atomic mass is 9.91. The molecule has 1 aliphatic rings. The first-order valence-corrected chi connectivity index (χ1v) is 5.98. The number of hydrogen-bond acceptors (Lipinski definition) is 1. The third-order valence-electron chi connectivity index (χ3n) is 3.28. The van der Waals surface area contributed by atoms with Gasteiger partial charge in [-0.15, -0.1) is 0 Å². The summed E-state index contributed by atoms with van der Waals surface area (Å²) in [6, 6.07) is 12.4. The van der Waals surface area contributed by atoms with Crippen LogP contribution >= 0.6 is 0 Å². The molecule has 0 spiro atoms. The van der Waals surface area contributed by atoms with E-state index in [0.29, 0.717) is 6.42 Å². The molecule has 0 aromatic heterocycles. The highest BCUT2D eigenvalue weighted by atomic mass is 19.1. The van der Waals surface area contributed by atoms with Crippen LogP contribution in [0.4, 0.5) is 4.39 Å². The predicted octanol–water partition coefficient (Wildman–Crippen LogP) is 3.94. The first-order valence-electron chi connectivity index (χ1n) is 5.98. The van der Waals surface area contributed by atoms with Crippen molar-refractivity contribution >= 4 is 6.08 Å². The van der Waals surface area contributed by atoms with Crippen LogP contribution in [0.2, 0.25) is 0 Å². The van der Waals surface area contributed by atoms with Gasteiger partial charge in [-0.05, 0) is 46.9 Å². The molecule has 18 heavy (non-hydrogen) atoms. The largest absolute Gasteiger partial charge is 0.388 e. The first-order chi connectivity index (χ1) is 8.74.